The fourth-order valence-electron chi connectivity index (χ4n) is 2.89. The van der Waals surface area contributed by atoms with Crippen molar-refractivity contribution in [2.24, 2.45) is 0 Å². The number of hydrogen-bond donors (Lipinski definition) is 1. The van der Waals surface area contributed by atoms with Crippen molar-refractivity contribution >= 4 is 27.5 Å². The second-order valence-electron chi connectivity index (χ2n) is 6.24. The first-order valence-electron chi connectivity index (χ1n) is 8.64. The highest BCUT2D eigenvalue weighted by Gasteiger charge is 2.26. The molecule has 8 heteroatoms. The van der Waals surface area contributed by atoms with E-state index in [-0.39, 0.29) is 17.2 Å². The lowest BCUT2D eigenvalue weighted by Crippen LogP contribution is -2.42. The first-order valence-corrected chi connectivity index (χ1v) is 10.5. The third-order valence-corrected chi connectivity index (χ3v) is 6.11. The number of nitrogens with zero attached hydrogens (tertiary/aromatic N) is 1. The summed E-state index contributed by atoms with van der Waals surface area (Å²) in [5.74, 6) is -0.117. The summed E-state index contributed by atoms with van der Waals surface area (Å²) in [6.45, 7) is 2.01. The van der Waals surface area contributed by atoms with Crippen molar-refractivity contribution in [2.75, 3.05) is 26.3 Å². The fraction of sp³-hybridized carbons (Fsp3) is 0.316. The molecule has 1 aliphatic rings. The summed E-state index contributed by atoms with van der Waals surface area (Å²) >= 11 is 5.95. The lowest BCUT2D eigenvalue weighted by atomic mass is 10.0. The van der Waals surface area contributed by atoms with Gasteiger partial charge in [0.15, 0.2) is 0 Å². The number of halogens is 1. The van der Waals surface area contributed by atoms with Gasteiger partial charge in [0, 0.05) is 24.5 Å². The van der Waals surface area contributed by atoms with Crippen LogP contribution in [0, 0.1) is 0 Å². The Bertz CT molecular complexity index is 866. The minimum absolute atomic E-state index is 0.0215. The molecule has 144 valence electrons. The predicted molar refractivity (Wildman–Crippen MR) is 103 cm³/mol. The molecular formula is C19H21ClN2O4S. The van der Waals surface area contributed by atoms with Crippen LogP contribution in [0.4, 0.5) is 0 Å². The van der Waals surface area contributed by atoms with Crippen molar-refractivity contribution in [3.05, 3.63) is 65.2 Å². The number of ether oxygens (including phenoxy) is 1. The summed E-state index contributed by atoms with van der Waals surface area (Å²) in [5.41, 5.74) is 0.681. The van der Waals surface area contributed by atoms with Crippen molar-refractivity contribution in [3.8, 4) is 0 Å². The molecule has 2 aromatic carbocycles. The van der Waals surface area contributed by atoms with E-state index in [1.54, 1.807) is 47.4 Å². The van der Waals surface area contributed by atoms with Gasteiger partial charge in [-0.05, 0) is 29.8 Å². The van der Waals surface area contributed by atoms with Crippen molar-refractivity contribution in [2.45, 2.75) is 17.4 Å². The Morgan fingerprint density at radius 2 is 1.70 bits per heavy atom. The smallest absolute Gasteiger partial charge is 0.241 e. The molecule has 2 aromatic rings. The van der Waals surface area contributed by atoms with E-state index in [1.807, 2.05) is 0 Å². The number of carbonyl (C=O) groups excluding carboxylic acids is 1. The summed E-state index contributed by atoms with van der Waals surface area (Å²) < 4.78 is 33.5. The molecule has 1 N–H and O–H groups in total. The fourth-order valence-corrected chi connectivity index (χ4v) is 4.27. The van der Waals surface area contributed by atoms with Crippen LogP contribution in [0.1, 0.15) is 18.0 Å². The van der Waals surface area contributed by atoms with E-state index in [1.165, 1.54) is 12.1 Å². The van der Waals surface area contributed by atoms with Gasteiger partial charge in [-0.25, -0.2) is 13.1 Å². The van der Waals surface area contributed by atoms with Crippen LogP contribution in [0.15, 0.2) is 59.5 Å². The molecule has 0 aliphatic carbocycles. The van der Waals surface area contributed by atoms with E-state index in [2.05, 4.69) is 4.72 Å². The topological polar surface area (TPSA) is 75.7 Å². The Hall–Kier alpha value is -1.93. The zero-order chi connectivity index (χ0) is 19.3. The maximum absolute atomic E-state index is 12.8. The molecule has 6 nitrogen and oxygen atoms in total. The van der Waals surface area contributed by atoms with Gasteiger partial charge in [0.05, 0.1) is 24.2 Å². The number of rotatable bonds is 6. The lowest BCUT2D eigenvalue weighted by molar-refractivity contribution is -0.135. The van der Waals surface area contributed by atoms with Gasteiger partial charge in [0.1, 0.15) is 0 Å². The van der Waals surface area contributed by atoms with Crippen molar-refractivity contribution < 1.29 is 17.9 Å². The minimum atomic E-state index is -3.77. The molecule has 0 bridgehead atoms. The molecule has 1 aliphatic heterocycles. The van der Waals surface area contributed by atoms with Gasteiger partial charge < -0.3 is 9.64 Å². The summed E-state index contributed by atoms with van der Waals surface area (Å²) in [4.78, 5) is 14.5. The van der Waals surface area contributed by atoms with Gasteiger partial charge in [-0.15, -0.1) is 0 Å². The Balaban J connectivity index is 1.83. The molecule has 0 spiro atoms. The lowest BCUT2D eigenvalue weighted by Gasteiger charge is -2.29. The highest BCUT2D eigenvalue weighted by atomic mass is 35.5. The molecule has 1 fully saturated rings. The average molecular weight is 409 g/mol. The van der Waals surface area contributed by atoms with Crippen LogP contribution < -0.4 is 4.72 Å². The Morgan fingerprint density at radius 1 is 1.07 bits per heavy atom. The largest absolute Gasteiger partial charge is 0.378 e. The highest BCUT2D eigenvalue weighted by Crippen LogP contribution is 2.23. The first-order chi connectivity index (χ1) is 13.0. The van der Waals surface area contributed by atoms with Gasteiger partial charge in [-0.2, -0.15) is 0 Å². The number of nitrogens with one attached hydrogen (secondary N) is 1. The van der Waals surface area contributed by atoms with E-state index in [9.17, 15) is 13.2 Å². The number of morpholine rings is 1. The quantitative estimate of drug-likeness (QED) is 0.797. The monoisotopic (exact) mass is 408 g/mol. The van der Waals surface area contributed by atoms with Crippen LogP contribution in [0.2, 0.25) is 5.02 Å². The average Bonchev–Trinajstić information content (AvgIpc) is 2.69. The molecule has 1 heterocycles. The van der Waals surface area contributed by atoms with E-state index in [4.69, 9.17) is 16.3 Å². The molecule has 1 unspecified atom stereocenters. The van der Waals surface area contributed by atoms with E-state index in [0.717, 1.165) is 0 Å². The van der Waals surface area contributed by atoms with Crippen LogP contribution in [0.3, 0.4) is 0 Å². The Morgan fingerprint density at radius 3 is 2.33 bits per heavy atom. The Labute approximate surface area is 164 Å². The summed E-state index contributed by atoms with van der Waals surface area (Å²) in [6.07, 6.45) is 0.0215. The molecule has 0 radical (unpaired) electrons. The number of amides is 1. The molecule has 1 atom stereocenters. The highest BCUT2D eigenvalue weighted by molar-refractivity contribution is 7.89. The van der Waals surface area contributed by atoms with Crippen molar-refractivity contribution in [1.82, 2.24) is 9.62 Å². The maximum atomic E-state index is 12.8. The number of hydrogen-bond acceptors (Lipinski definition) is 4. The number of carbonyl (C=O) groups is 1. The molecule has 1 amide bonds. The van der Waals surface area contributed by atoms with E-state index in [0.29, 0.717) is 36.9 Å². The third-order valence-electron chi connectivity index (χ3n) is 4.37. The molecule has 0 saturated carbocycles. The predicted octanol–water partition coefficient (Wildman–Crippen LogP) is 2.61. The van der Waals surface area contributed by atoms with Gasteiger partial charge in [-0.1, -0.05) is 41.9 Å². The Kier molecular flexibility index (Phi) is 6.49. The molecular weight excluding hydrogens is 388 g/mol. The molecule has 3 rings (SSSR count). The summed E-state index contributed by atoms with van der Waals surface area (Å²) in [5, 5.41) is 0.544. The zero-order valence-electron chi connectivity index (χ0n) is 14.7. The summed E-state index contributed by atoms with van der Waals surface area (Å²) in [6, 6.07) is 14.2. The van der Waals surface area contributed by atoms with Crippen LogP contribution in [-0.2, 0) is 19.6 Å². The van der Waals surface area contributed by atoms with Gasteiger partial charge in [-0.3, -0.25) is 4.79 Å². The van der Waals surface area contributed by atoms with E-state index >= 15 is 0 Å². The SMILES string of the molecule is O=C(CC(NS(=O)(=O)c1ccccc1)c1ccc(Cl)cc1)N1CCOCC1. The van der Waals surface area contributed by atoms with Crippen LogP contribution in [-0.4, -0.2) is 45.5 Å². The van der Waals surface area contributed by atoms with Gasteiger partial charge in [0.2, 0.25) is 15.9 Å². The van der Waals surface area contributed by atoms with Crippen molar-refractivity contribution in [3.63, 3.8) is 0 Å². The number of sulfonamides is 1. The minimum Gasteiger partial charge on any atom is -0.378 e. The van der Waals surface area contributed by atoms with Crippen LogP contribution in [0.5, 0.6) is 0 Å². The normalized spacial score (nSPS) is 16.1. The summed E-state index contributed by atoms with van der Waals surface area (Å²) in [7, 11) is -3.77. The molecule has 1 saturated heterocycles. The maximum Gasteiger partial charge on any atom is 0.241 e. The zero-order valence-corrected chi connectivity index (χ0v) is 16.2. The number of benzene rings is 2. The van der Waals surface area contributed by atoms with E-state index < -0.39 is 16.1 Å². The molecule has 27 heavy (non-hydrogen) atoms. The van der Waals surface area contributed by atoms with Crippen LogP contribution in [0.25, 0.3) is 0 Å². The molecule has 0 aromatic heterocycles. The first kappa shape index (κ1) is 19.8. The van der Waals surface area contributed by atoms with Crippen LogP contribution >= 0.6 is 11.6 Å². The standard InChI is InChI=1S/C19H21ClN2O4S/c20-16-8-6-15(7-9-16)18(14-19(23)22-10-12-26-13-11-22)21-27(24,25)17-4-2-1-3-5-17/h1-9,18,21H,10-14H2. The third kappa shape index (κ3) is 5.29. The van der Waals surface area contributed by atoms with Gasteiger partial charge >= 0.3 is 0 Å². The second-order valence-corrected chi connectivity index (χ2v) is 8.39. The van der Waals surface area contributed by atoms with Gasteiger partial charge in [0.25, 0.3) is 0 Å². The van der Waals surface area contributed by atoms with Crippen molar-refractivity contribution in [1.29, 1.82) is 0 Å². The second kappa shape index (κ2) is 8.84.